The van der Waals surface area contributed by atoms with E-state index < -0.39 is 29.0 Å². The molecule has 0 aliphatic carbocycles. The highest BCUT2D eigenvalue weighted by Crippen LogP contribution is 2.45. The first-order valence-corrected chi connectivity index (χ1v) is 9.90. The third kappa shape index (κ3) is 3.13. The molecule has 0 spiro atoms. The first kappa shape index (κ1) is 21.1. The number of carboxylic acids is 2. The van der Waals surface area contributed by atoms with Gasteiger partial charge >= 0.3 is 11.9 Å². The maximum Gasteiger partial charge on any atom is 0.354 e. The number of benzene rings is 2. The number of carbonyl (C=O) groups excluding carboxylic acids is 1. The van der Waals surface area contributed by atoms with E-state index in [1.54, 1.807) is 24.3 Å². The van der Waals surface area contributed by atoms with Crippen molar-refractivity contribution >= 4 is 17.8 Å². The van der Waals surface area contributed by atoms with Crippen LogP contribution in [0.2, 0.25) is 0 Å². The molecule has 3 aromatic rings. The van der Waals surface area contributed by atoms with Gasteiger partial charge in [0, 0.05) is 0 Å². The van der Waals surface area contributed by atoms with E-state index in [1.807, 2.05) is 0 Å². The van der Waals surface area contributed by atoms with Gasteiger partial charge in [-0.15, -0.1) is 0 Å². The van der Waals surface area contributed by atoms with Crippen molar-refractivity contribution in [2.75, 3.05) is 13.6 Å². The highest BCUT2D eigenvalue weighted by Gasteiger charge is 2.46. The molecule has 1 aromatic heterocycles. The van der Waals surface area contributed by atoms with Crippen LogP contribution in [0.4, 0.5) is 0 Å². The molecular weight excluding hydrogens is 448 g/mol. The van der Waals surface area contributed by atoms with Gasteiger partial charge < -0.3 is 34.9 Å². The van der Waals surface area contributed by atoms with E-state index in [2.05, 4.69) is 4.98 Å². The molecule has 0 radical (unpaired) electrons. The van der Waals surface area contributed by atoms with Crippen LogP contribution in [0.15, 0.2) is 48.5 Å². The summed E-state index contributed by atoms with van der Waals surface area (Å²) in [5.41, 5.74) is 3.44. The van der Waals surface area contributed by atoms with E-state index in [0.717, 1.165) is 12.1 Å². The number of nitrogens with zero attached hydrogens (tertiary/aromatic N) is 1. The number of carboxylic acid groups (broad SMARTS) is 2. The molecule has 1 amide bonds. The molecule has 0 saturated carbocycles. The second-order valence-corrected chi connectivity index (χ2v) is 7.49. The van der Waals surface area contributed by atoms with Crippen molar-refractivity contribution in [2.45, 2.75) is 5.41 Å². The summed E-state index contributed by atoms with van der Waals surface area (Å²) < 4.78 is 21.6. The largest absolute Gasteiger partial charge is 0.478 e. The Morgan fingerprint density at radius 1 is 0.765 bits per heavy atom. The van der Waals surface area contributed by atoms with E-state index in [9.17, 15) is 24.6 Å². The lowest BCUT2D eigenvalue weighted by Crippen LogP contribution is -2.44. The zero-order valence-electron chi connectivity index (χ0n) is 17.3. The number of ether oxygens (including phenoxy) is 4. The van der Waals surface area contributed by atoms with Crippen molar-refractivity contribution in [3.63, 3.8) is 0 Å². The first-order chi connectivity index (χ1) is 16.3. The molecule has 2 aliphatic heterocycles. The summed E-state index contributed by atoms with van der Waals surface area (Å²) in [6.45, 7) is -0.0510. The fraction of sp³-hybridized carbons (Fsp3) is 0.130. The van der Waals surface area contributed by atoms with Gasteiger partial charge in [0.2, 0.25) is 19.5 Å². The Hall–Kier alpha value is -4.80. The molecule has 2 aromatic carbocycles. The third-order valence-corrected chi connectivity index (χ3v) is 5.66. The van der Waals surface area contributed by atoms with Crippen LogP contribution in [0.25, 0.3) is 0 Å². The van der Waals surface area contributed by atoms with Crippen molar-refractivity contribution in [2.24, 2.45) is 5.73 Å². The van der Waals surface area contributed by atoms with Gasteiger partial charge in [0.1, 0.15) is 11.1 Å². The fourth-order valence-electron chi connectivity index (χ4n) is 4.09. The van der Waals surface area contributed by atoms with Crippen LogP contribution >= 0.6 is 0 Å². The number of aromatic nitrogens is 1. The van der Waals surface area contributed by atoms with E-state index in [4.69, 9.17) is 24.7 Å². The first-order valence-electron chi connectivity index (χ1n) is 9.90. The van der Waals surface area contributed by atoms with Gasteiger partial charge in [-0.2, -0.15) is 0 Å². The molecule has 2 aliphatic rings. The van der Waals surface area contributed by atoms with Gasteiger partial charge in [0.15, 0.2) is 23.0 Å². The molecule has 0 saturated heterocycles. The summed E-state index contributed by atoms with van der Waals surface area (Å²) in [5, 5.41) is 19.2. The summed E-state index contributed by atoms with van der Waals surface area (Å²) in [4.78, 5) is 41.0. The predicted octanol–water partition coefficient (Wildman–Crippen LogP) is 1.76. The number of carbonyl (C=O) groups is 3. The van der Waals surface area contributed by atoms with Crippen molar-refractivity contribution in [3.05, 3.63) is 76.6 Å². The normalized spacial score (nSPS) is 13.5. The number of aromatic carboxylic acids is 2. The predicted molar refractivity (Wildman–Crippen MR) is 112 cm³/mol. The maximum atomic E-state index is 13.3. The number of amides is 1. The second-order valence-electron chi connectivity index (χ2n) is 7.49. The molecule has 3 heterocycles. The second kappa shape index (κ2) is 7.66. The molecule has 4 N–H and O–H groups in total. The molecule has 0 atom stereocenters. The van der Waals surface area contributed by atoms with Crippen LogP contribution in [0.1, 0.15) is 37.7 Å². The van der Waals surface area contributed by atoms with Gasteiger partial charge in [-0.1, -0.05) is 12.1 Å². The summed E-state index contributed by atoms with van der Waals surface area (Å²) in [6, 6.07) is 11.3. The third-order valence-electron chi connectivity index (χ3n) is 5.66. The average Bonchev–Trinajstić information content (AvgIpc) is 3.47. The molecular formula is C23H16N2O9. The zero-order chi connectivity index (χ0) is 24.0. The number of rotatable bonds is 6. The van der Waals surface area contributed by atoms with E-state index >= 15 is 0 Å². The van der Waals surface area contributed by atoms with Crippen LogP contribution in [0.3, 0.4) is 0 Å². The summed E-state index contributed by atoms with van der Waals surface area (Å²) in [5.74, 6) is -2.28. The molecule has 11 heteroatoms. The Labute approximate surface area is 191 Å². The molecule has 172 valence electrons. The lowest BCUT2D eigenvalue weighted by atomic mass is 9.70. The lowest BCUT2D eigenvalue weighted by Gasteiger charge is -2.32. The summed E-state index contributed by atoms with van der Waals surface area (Å²) in [7, 11) is 0. The highest BCUT2D eigenvalue weighted by atomic mass is 16.7. The minimum Gasteiger partial charge on any atom is -0.478 e. The maximum absolute atomic E-state index is 13.3. The Kier molecular flexibility index (Phi) is 4.74. The SMILES string of the molecule is NC(=O)C(c1ccc2c(c1)OCO2)(c1ccc2c(c1)OCO2)c1cc(C(=O)O)cc(C(=O)O)n1. The van der Waals surface area contributed by atoms with Gasteiger partial charge in [-0.3, -0.25) is 4.79 Å². The molecule has 34 heavy (non-hydrogen) atoms. The minimum absolute atomic E-state index is 0.0255. The van der Waals surface area contributed by atoms with Crippen LogP contribution in [-0.4, -0.2) is 46.6 Å². The topological polar surface area (TPSA) is 168 Å². The smallest absolute Gasteiger partial charge is 0.354 e. The zero-order valence-corrected chi connectivity index (χ0v) is 17.3. The van der Waals surface area contributed by atoms with Gasteiger partial charge in [0.05, 0.1) is 11.3 Å². The monoisotopic (exact) mass is 464 g/mol. The van der Waals surface area contributed by atoms with E-state index in [1.165, 1.54) is 12.1 Å². The number of nitrogens with two attached hydrogens (primary N) is 1. The Morgan fingerprint density at radius 3 is 1.76 bits per heavy atom. The van der Waals surface area contributed by atoms with Crippen LogP contribution in [-0.2, 0) is 10.2 Å². The van der Waals surface area contributed by atoms with Crippen LogP contribution in [0.5, 0.6) is 23.0 Å². The highest BCUT2D eigenvalue weighted by molar-refractivity contribution is 5.97. The van der Waals surface area contributed by atoms with Crippen molar-refractivity contribution in [3.8, 4) is 23.0 Å². The average molecular weight is 464 g/mol. The molecule has 11 nitrogen and oxygen atoms in total. The van der Waals surface area contributed by atoms with E-state index in [-0.39, 0.29) is 36.0 Å². The summed E-state index contributed by atoms with van der Waals surface area (Å²) >= 11 is 0. The number of hydrogen-bond donors (Lipinski definition) is 3. The number of hydrogen-bond acceptors (Lipinski definition) is 8. The molecule has 0 fully saturated rings. The molecule has 5 rings (SSSR count). The number of fused-ring (bicyclic) bond motifs is 2. The van der Waals surface area contributed by atoms with E-state index in [0.29, 0.717) is 23.0 Å². The fourth-order valence-corrected chi connectivity index (χ4v) is 4.09. The van der Waals surface area contributed by atoms with Crippen LogP contribution < -0.4 is 24.7 Å². The van der Waals surface area contributed by atoms with Crippen molar-refractivity contribution in [1.29, 1.82) is 0 Å². The summed E-state index contributed by atoms with van der Waals surface area (Å²) in [6.07, 6.45) is 0. The number of primary amides is 1. The Balaban J connectivity index is 1.86. The van der Waals surface area contributed by atoms with Crippen LogP contribution in [0, 0.1) is 0 Å². The van der Waals surface area contributed by atoms with Crippen molar-refractivity contribution < 1.29 is 43.5 Å². The Bertz CT molecular complexity index is 1280. The van der Waals surface area contributed by atoms with Gasteiger partial charge in [0.25, 0.3) is 0 Å². The van der Waals surface area contributed by atoms with Gasteiger partial charge in [-0.25, -0.2) is 14.6 Å². The number of pyridine rings is 1. The quantitative estimate of drug-likeness (QED) is 0.489. The Morgan fingerprint density at radius 2 is 1.29 bits per heavy atom. The standard InChI is InChI=1S/C23H16N2O9/c24-22(30)23(12-1-3-15-17(7-12)33-9-31-15,13-2-4-16-18(8-13)34-10-32-16)19-6-11(20(26)27)5-14(25-19)21(28)29/h1-8H,9-10H2,(H2,24,30)(H,26,27)(H,28,29). The van der Waals surface area contributed by atoms with Gasteiger partial charge in [-0.05, 0) is 47.5 Å². The molecule has 0 bridgehead atoms. The molecule has 0 unspecified atom stereocenters. The minimum atomic E-state index is -1.92. The van der Waals surface area contributed by atoms with Crippen molar-refractivity contribution in [1.82, 2.24) is 4.98 Å². The lowest BCUT2D eigenvalue weighted by molar-refractivity contribution is -0.121.